The lowest BCUT2D eigenvalue weighted by molar-refractivity contribution is -0.291. The first-order chi connectivity index (χ1) is 15.7. The summed E-state index contributed by atoms with van der Waals surface area (Å²) in [4.78, 5) is 36.2. The van der Waals surface area contributed by atoms with Crippen LogP contribution < -0.4 is 10.6 Å². The average Bonchev–Trinajstić information content (AvgIpc) is 3.27. The number of amides is 2. The smallest absolute Gasteiger partial charge is 0.356 e. The van der Waals surface area contributed by atoms with Gasteiger partial charge in [0.15, 0.2) is 5.78 Å². The summed E-state index contributed by atoms with van der Waals surface area (Å²) < 4.78 is 37.8. The number of benzene rings is 2. The molecule has 182 valence electrons. The fourth-order valence-electron chi connectivity index (χ4n) is 3.25. The van der Waals surface area contributed by atoms with Crippen molar-refractivity contribution in [2.24, 2.45) is 5.92 Å². The lowest BCUT2D eigenvalue weighted by Crippen LogP contribution is -2.34. The molecular formula is C20H12Cl5F3N2O4. The van der Waals surface area contributed by atoms with E-state index in [4.69, 9.17) is 58.0 Å². The zero-order valence-electron chi connectivity index (χ0n) is 16.5. The van der Waals surface area contributed by atoms with E-state index in [0.29, 0.717) is 15.6 Å². The molecule has 2 N–H and O–H groups in total. The maximum absolute atomic E-state index is 12.8. The molecule has 2 aromatic carbocycles. The van der Waals surface area contributed by atoms with Gasteiger partial charge in [-0.05, 0) is 42.0 Å². The van der Waals surface area contributed by atoms with Crippen LogP contribution in [0, 0.1) is 5.92 Å². The van der Waals surface area contributed by atoms with E-state index < -0.39 is 46.9 Å². The zero-order valence-corrected chi connectivity index (χ0v) is 20.3. The first-order valence-corrected chi connectivity index (χ1v) is 11.1. The highest BCUT2D eigenvalue weighted by Gasteiger charge is 2.67. The van der Waals surface area contributed by atoms with Crippen LogP contribution in [0.25, 0.3) is 0 Å². The fraction of sp³-hybridized carbons (Fsp3) is 0.250. The Morgan fingerprint density at radius 1 is 1.00 bits per heavy atom. The number of nitrogens with one attached hydrogen (secondary N) is 2. The third kappa shape index (κ3) is 6.40. The largest absolute Gasteiger partial charge is 0.576 e. The molecule has 6 nitrogen and oxygen atoms in total. The highest BCUT2D eigenvalue weighted by Crippen LogP contribution is 2.65. The Morgan fingerprint density at radius 3 is 2.21 bits per heavy atom. The van der Waals surface area contributed by atoms with Crippen molar-refractivity contribution in [1.82, 2.24) is 5.32 Å². The number of carbonyl (C=O) groups excluding carboxylic acids is 3. The summed E-state index contributed by atoms with van der Waals surface area (Å²) >= 11 is 30.6. The second kappa shape index (κ2) is 9.99. The van der Waals surface area contributed by atoms with Crippen LogP contribution in [-0.4, -0.2) is 35.0 Å². The molecule has 2 amide bonds. The van der Waals surface area contributed by atoms with Gasteiger partial charge in [0.1, 0.15) is 4.33 Å². The quantitative estimate of drug-likeness (QED) is 0.299. The monoisotopic (exact) mass is 576 g/mol. The zero-order chi connectivity index (χ0) is 25.4. The predicted octanol–water partition coefficient (Wildman–Crippen LogP) is 6.60. The van der Waals surface area contributed by atoms with Crippen molar-refractivity contribution >= 4 is 81.5 Å². The number of anilines is 1. The topological polar surface area (TPSA) is 84.5 Å². The van der Waals surface area contributed by atoms with Gasteiger partial charge in [0.25, 0.3) is 0 Å². The van der Waals surface area contributed by atoms with Crippen LogP contribution >= 0.6 is 58.0 Å². The summed E-state index contributed by atoms with van der Waals surface area (Å²) in [5.74, 6) is -2.89. The van der Waals surface area contributed by atoms with Crippen molar-refractivity contribution in [1.29, 1.82) is 0 Å². The van der Waals surface area contributed by atoms with Crippen molar-refractivity contribution in [3.8, 4) is 0 Å². The lowest BCUT2D eigenvalue weighted by atomic mass is 10.1. The summed E-state index contributed by atoms with van der Waals surface area (Å²) in [6, 6.07) is 8.55. The Morgan fingerprint density at radius 2 is 1.62 bits per heavy atom. The molecule has 2 aromatic rings. The van der Waals surface area contributed by atoms with Crippen molar-refractivity contribution in [3.63, 3.8) is 0 Å². The summed E-state index contributed by atoms with van der Waals surface area (Å²) in [6.07, 6.45) is -7.06. The number of hydrogen-bond acceptors (Lipinski definition) is 4. The molecule has 1 fully saturated rings. The average molecular weight is 579 g/mol. The molecule has 0 radical (unpaired) electrons. The van der Waals surface area contributed by atoms with Gasteiger partial charge in [0.05, 0.1) is 17.5 Å². The molecule has 1 aliphatic rings. The summed E-state index contributed by atoms with van der Waals surface area (Å²) in [5, 5.41) is 4.84. The van der Waals surface area contributed by atoms with Gasteiger partial charge in [-0.15, -0.1) is 36.4 Å². The molecular weight excluding hydrogens is 566 g/mol. The van der Waals surface area contributed by atoms with Gasteiger partial charge in [-0.2, -0.15) is 0 Å². The molecule has 0 heterocycles. The van der Waals surface area contributed by atoms with Crippen molar-refractivity contribution in [2.75, 3.05) is 11.9 Å². The van der Waals surface area contributed by atoms with Crippen molar-refractivity contribution < 1.29 is 32.3 Å². The molecule has 0 aliphatic heterocycles. The van der Waals surface area contributed by atoms with Crippen LogP contribution in [-0.2, 0) is 9.53 Å². The minimum absolute atomic E-state index is 0.0594. The van der Waals surface area contributed by atoms with Gasteiger partial charge in [0, 0.05) is 27.2 Å². The van der Waals surface area contributed by atoms with Gasteiger partial charge >= 0.3 is 12.5 Å². The Balaban J connectivity index is 1.69. The molecule has 0 aromatic heterocycles. The van der Waals surface area contributed by atoms with E-state index in [-0.39, 0.29) is 16.3 Å². The maximum atomic E-state index is 12.8. The number of rotatable bonds is 6. The Kier molecular flexibility index (Phi) is 7.84. The molecule has 0 spiro atoms. The number of hydrogen-bond donors (Lipinski definition) is 2. The minimum atomic E-state index is -5.20. The number of ketones is 1. The fourth-order valence-corrected chi connectivity index (χ4v) is 4.84. The first-order valence-electron chi connectivity index (χ1n) is 9.20. The second-order valence-electron chi connectivity index (χ2n) is 7.13. The Bertz CT molecular complexity index is 1140. The number of alkyl carbamates (subject to hydrolysis) is 1. The molecule has 14 heteroatoms. The molecule has 3 rings (SSSR count). The number of ether oxygens (including phenoxy) is 1. The van der Waals surface area contributed by atoms with Crippen LogP contribution in [0.15, 0.2) is 36.4 Å². The molecule has 1 saturated carbocycles. The number of halogens is 8. The molecule has 1 aliphatic carbocycles. The maximum Gasteiger partial charge on any atom is 0.576 e. The van der Waals surface area contributed by atoms with E-state index in [1.807, 2.05) is 0 Å². The van der Waals surface area contributed by atoms with Crippen LogP contribution in [0.1, 0.15) is 21.8 Å². The van der Waals surface area contributed by atoms with Gasteiger partial charge in [-0.1, -0.05) is 34.8 Å². The van der Waals surface area contributed by atoms with E-state index in [9.17, 15) is 27.6 Å². The van der Waals surface area contributed by atoms with Crippen LogP contribution in [0.2, 0.25) is 15.1 Å². The third-order valence-electron chi connectivity index (χ3n) is 4.72. The van der Waals surface area contributed by atoms with Gasteiger partial charge in [-0.25, -0.2) is 4.79 Å². The first kappa shape index (κ1) is 26.7. The van der Waals surface area contributed by atoms with Crippen LogP contribution in [0.4, 0.5) is 23.7 Å². The highest BCUT2D eigenvalue weighted by atomic mass is 35.5. The van der Waals surface area contributed by atoms with Gasteiger partial charge < -0.3 is 15.4 Å². The molecule has 0 saturated heterocycles. The summed E-state index contributed by atoms with van der Waals surface area (Å²) in [5.41, 5.74) is 0.532. The van der Waals surface area contributed by atoms with Crippen LogP contribution in [0.3, 0.4) is 0 Å². The van der Waals surface area contributed by atoms with Crippen LogP contribution in [0.5, 0.6) is 0 Å². The Hall–Kier alpha value is -1.91. The number of Topliss-reactive ketones (excluding diaryl/α,β-unsaturated/α-hetero) is 1. The second-order valence-corrected chi connectivity index (χ2v) is 9.85. The molecule has 0 bridgehead atoms. The standard InChI is InChI=1S/C20H12Cl5F3N2O4/c21-9-3-8(4-10(22)5-9)15-16(19(15,24)25)17(32)30-11-1-2-13(23)12(6-11)14(31)7-29-18(33)34-20(26,27)28/h1-6,15-16H,7H2,(H,29,33)(H,30,32). The summed E-state index contributed by atoms with van der Waals surface area (Å²) in [7, 11) is 0. The SMILES string of the molecule is O=C(NCC(=O)c1cc(NC(=O)C2C(c3cc(Cl)cc(Cl)c3)C2(Cl)Cl)ccc1Cl)OC(F)(F)F. The van der Waals surface area contributed by atoms with E-state index >= 15 is 0 Å². The predicted molar refractivity (Wildman–Crippen MR) is 122 cm³/mol. The van der Waals surface area contributed by atoms with Gasteiger partial charge in [0.2, 0.25) is 5.91 Å². The number of carbonyl (C=O) groups is 3. The lowest BCUT2D eigenvalue weighted by Gasteiger charge is -2.11. The van der Waals surface area contributed by atoms with Crippen molar-refractivity contribution in [2.45, 2.75) is 16.6 Å². The van der Waals surface area contributed by atoms with E-state index in [0.717, 1.165) is 0 Å². The van der Waals surface area contributed by atoms with E-state index in [2.05, 4.69) is 10.1 Å². The van der Waals surface area contributed by atoms with Gasteiger partial charge in [-0.3, -0.25) is 9.59 Å². The molecule has 34 heavy (non-hydrogen) atoms. The molecule has 2 atom stereocenters. The third-order valence-corrected chi connectivity index (χ3v) is 6.42. The van der Waals surface area contributed by atoms with E-state index in [1.165, 1.54) is 24.3 Å². The summed E-state index contributed by atoms with van der Waals surface area (Å²) in [6.45, 7) is -0.835. The normalized spacial score (nSPS) is 18.7. The number of alkyl halides is 5. The molecule has 2 unspecified atom stereocenters. The van der Waals surface area contributed by atoms with E-state index in [1.54, 1.807) is 17.4 Å². The highest BCUT2D eigenvalue weighted by molar-refractivity contribution is 6.53. The van der Waals surface area contributed by atoms with Crippen molar-refractivity contribution in [3.05, 3.63) is 62.6 Å². The minimum Gasteiger partial charge on any atom is -0.356 e. The Labute approximate surface area is 215 Å².